The van der Waals surface area contributed by atoms with E-state index in [1.54, 1.807) is 0 Å². The zero-order valence-corrected chi connectivity index (χ0v) is 8.70. The highest BCUT2D eigenvalue weighted by molar-refractivity contribution is 5.73. The third-order valence-corrected chi connectivity index (χ3v) is 2.88. The summed E-state index contributed by atoms with van der Waals surface area (Å²) in [5.41, 5.74) is 5.41. The summed E-state index contributed by atoms with van der Waals surface area (Å²) >= 11 is 0. The molecule has 0 amide bonds. The number of carbonyl (C=O) groups is 1. The number of rotatable bonds is 4. The van der Waals surface area contributed by atoms with Crippen LogP contribution in [0.5, 0.6) is 0 Å². The van der Waals surface area contributed by atoms with E-state index in [2.05, 4.69) is 12.2 Å². The second-order valence-corrected chi connectivity index (χ2v) is 4.32. The molecule has 1 fully saturated rings. The fraction of sp³-hybridized carbons (Fsp3) is 0.900. The van der Waals surface area contributed by atoms with Crippen LogP contribution in [0.15, 0.2) is 0 Å². The van der Waals surface area contributed by atoms with Crippen molar-refractivity contribution in [2.45, 2.75) is 44.7 Å². The fourth-order valence-electron chi connectivity index (χ4n) is 2.00. The molecule has 0 aromatic carbocycles. The first-order chi connectivity index (χ1) is 6.59. The van der Waals surface area contributed by atoms with Crippen molar-refractivity contribution >= 4 is 5.97 Å². The Balaban J connectivity index is 2.20. The SMILES string of the molecule is CC1CCCC(NCC(N)C(=O)O)C1. The van der Waals surface area contributed by atoms with Crippen LogP contribution in [0, 0.1) is 5.92 Å². The van der Waals surface area contributed by atoms with Gasteiger partial charge in [-0.2, -0.15) is 0 Å². The Labute approximate surface area is 84.9 Å². The summed E-state index contributed by atoms with van der Waals surface area (Å²) in [5, 5.41) is 11.8. The van der Waals surface area contributed by atoms with Crippen LogP contribution in [-0.4, -0.2) is 29.7 Å². The molecular formula is C10H20N2O2. The van der Waals surface area contributed by atoms with Crippen molar-refractivity contribution in [1.82, 2.24) is 5.32 Å². The van der Waals surface area contributed by atoms with Gasteiger partial charge in [0.2, 0.25) is 0 Å². The van der Waals surface area contributed by atoms with Gasteiger partial charge in [-0.15, -0.1) is 0 Å². The Hall–Kier alpha value is -0.610. The largest absolute Gasteiger partial charge is 0.480 e. The van der Waals surface area contributed by atoms with Gasteiger partial charge in [0.15, 0.2) is 0 Å². The number of carboxylic acids is 1. The van der Waals surface area contributed by atoms with Gasteiger partial charge in [0.25, 0.3) is 0 Å². The highest BCUT2D eigenvalue weighted by Gasteiger charge is 2.20. The molecule has 1 aliphatic rings. The van der Waals surface area contributed by atoms with Crippen molar-refractivity contribution in [3.63, 3.8) is 0 Å². The first-order valence-electron chi connectivity index (χ1n) is 5.31. The van der Waals surface area contributed by atoms with Gasteiger partial charge in [-0.25, -0.2) is 0 Å². The summed E-state index contributed by atoms with van der Waals surface area (Å²) in [6, 6.07) is -0.309. The number of aliphatic carboxylic acids is 1. The summed E-state index contributed by atoms with van der Waals surface area (Å²) < 4.78 is 0. The number of hydrogen-bond acceptors (Lipinski definition) is 3. The smallest absolute Gasteiger partial charge is 0.321 e. The number of hydrogen-bond donors (Lipinski definition) is 3. The van der Waals surface area contributed by atoms with Gasteiger partial charge >= 0.3 is 5.97 Å². The predicted octanol–water partition coefficient (Wildman–Crippen LogP) is 0.567. The molecule has 0 saturated heterocycles. The molecule has 0 heterocycles. The molecule has 4 nitrogen and oxygen atoms in total. The third kappa shape index (κ3) is 3.64. The molecule has 4 N–H and O–H groups in total. The second kappa shape index (κ2) is 5.32. The minimum absolute atomic E-state index is 0.382. The van der Waals surface area contributed by atoms with Crippen LogP contribution in [0.3, 0.4) is 0 Å². The molecule has 3 atom stereocenters. The summed E-state index contributed by atoms with van der Waals surface area (Å²) in [6.07, 6.45) is 4.83. The predicted molar refractivity (Wildman–Crippen MR) is 55.0 cm³/mol. The standard InChI is InChI=1S/C10H20N2O2/c1-7-3-2-4-8(5-7)12-6-9(11)10(13)14/h7-9,12H,2-6,11H2,1H3,(H,13,14). The van der Waals surface area contributed by atoms with Gasteiger partial charge in [-0.3, -0.25) is 4.79 Å². The lowest BCUT2D eigenvalue weighted by Crippen LogP contribution is -2.45. The quantitative estimate of drug-likeness (QED) is 0.620. The van der Waals surface area contributed by atoms with E-state index in [0.717, 1.165) is 18.8 Å². The van der Waals surface area contributed by atoms with Gasteiger partial charge in [0, 0.05) is 12.6 Å². The summed E-state index contributed by atoms with van der Waals surface area (Å²) in [5.74, 6) is -0.177. The van der Waals surface area contributed by atoms with E-state index in [1.807, 2.05) is 0 Å². The molecule has 0 spiro atoms. The summed E-state index contributed by atoms with van der Waals surface area (Å²) in [4.78, 5) is 10.5. The maximum absolute atomic E-state index is 10.5. The Morgan fingerprint density at radius 3 is 2.93 bits per heavy atom. The Kier molecular flexibility index (Phi) is 4.35. The van der Waals surface area contributed by atoms with E-state index in [1.165, 1.54) is 12.8 Å². The molecule has 1 aliphatic carbocycles. The van der Waals surface area contributed by atoms with Crippen molar-refractivity contribution in [1.29, 1.82) is 0 Å². The van der Waals surface area contributed by atoms with Crippen LogP contribution in [-0.2, 0) is 4.79 Å². The average Bonchev–Trinajstić information content (AvgIpc) is 2.14. The van der Waals surface area contributed by atoms with Crippen molar-refractivity contribution in [2.75, 3.05) is 6.54 Å². The normalized spacial score (nSPS) is 29.9. The molecule has 1 saturated carbocycles. The topological polar surface area (TPSA) is 75.3 Å². The number of nitrogens with two attached hydrogens (primary N) is 1. The summed E-state index contributed by atoms with van der Waals surface area (Å²) in [6.45, 7) is 2.62. The lowest BCUT2D eigenvalue weighted by atomic mass is 9.87. The molecule has 1 rings (SSSR count). The maximum atomic E-state index is 10.5. The van der Waals surface area contributed by atoms with E-state index in [0.29, 0.717) is 12.6 Å². The average molecular weight is 200 g/mol. The third-order valence-electron chi connectivity index (χ3n) is 2.88. The zero-order valence-electron chi connectivity index (χ0n) is 8.70. The van der Waals surface area contributed by atoms with Crippen LogP contribution in [0.1, 0.15) is 32.6 Å². The van der Waals surface area contributed by atoms with E-state index in [-0.39, 0.29) is 0 Å². The van der Waals surface area contributed by atoms with E-state index in [4.69, 9.17) is 10.8 Å². The van der Waals surface area contributed by atoms with Crippen molar-refractivity contribution < 1.29 is 9.90 Å². The second-order valence-electron chi connectivity index (χ2n) is 4.32. The molecular weight excluding hydrogens is 180 g/mol. The molecule has 14 heavy (non-hydrogen) atoms. The van der Waals surface area contributed by atoms with Crippen LogP contribution >= 0.6 is 0 Å². The van der Waals surface area contributed by atoms with E-state index < -0.39 is 12.0 Å². The van der Waals surface area contributed by atoms with Crippen LogP contribution in [0.25, 0.3) is 0 Å². The fourth-order valence-corrected chi connectivity index (χ4v) is 2.00. The van der Waals surface area contributed by atoms with Gasteiger partial charge < -0.3 is 16.2 Å². The molecule has 0 aliphatic heterocycles. The monoisotopic (exact) mass is 200 g/mol. The zero-order chi connectivity index (χ0) is 10.6. The minimum atomic E-state index is -0.929. The highest BCUT2D eigenvalue weighted by atomic mass is 16.4. The molecule has 82 valence electrons. The number of nitrogens with one attached hydrogen (secondary N) is 1. The van der Waals surface area contributed by atoms with E-state index >= 15 is 0 Å². The lowest BCUT2D eigenvalue weighted by Gasteiger charge is -2.28. The van der Waals surface area contributed by atoms with Crippen molar-refractivity contribution in [3.05, 3.63) is 0 Å². The highest BCUT2D eigenvalue weighted by Crippen LogP contribution is 2.23. The van der Waals surface area contributed by atoms with E-state index in [9.17, 15) is 4.79 Å². The molecule has 0 aromatic rings. The molecule has 4 heteroatoms. The van der Waals surface area contributed by atoms with Gasteiger partial charge in [0.05, 0.1) is 0 Å². The van der Waals surface area contributed by atoms with Crippen LogP contribution in [0.2, 0.25) is 0 Å². The Morgan fingerprint density at radius 1 is 1.64 bits per heavy atom. The van der Waals surface area contributed by atoms with Crippen molar-refractivity contribution in [3.8, 4) is 0 Å². The van der Waals surface area contributed by atoms with Gasteiger partial charge in [-0.05, 0) is 18.8 Å². The molecule has 0 radical (unpaired) electrons. The first-order valence-corrected chi connectivity index (χ1v) is 5.31. The van der Waals surface area contributed by atoms with Gasteiger partial charge in [0.1, 0.15) is 6.04 Å². The Morgan fingerprint density at radius 2 is 2.36 bits per heavy atom. The molecule has 0 bridgehead atoms. The maximum Gasteiger partial charge on any atom is 0.321 e. The van der Waals surface area contributed by atoms with Gasteiger partial charge in [-0.1, -0.05) is 19.8 Å². The van der Waals surface area contributed by atoms with Crippen LogP contribution in [0.4, 0.5) is 0 Å². The minimum Gasteiger partial charge on any atom is -0.480 e. The molecule has 0 aromatic heterocycles. The first kappa shape index (κ1) is 11.5. The van der Waals surface area contributed by atoms with Crippen molar-refractivity contribution in [2.24, 2.45) is 11.7 Å². The molecule has 3 unspecified atom stereocenters. The van der Waals surface area contributed by atoms with Crippen LogP contribution < -0.4 is 11.1 Å². The lowest BCUT2D eigenvalue weighted by molar-refractivity contribution is -0.138. The number of carboxylic acid groups (broad SMARTS) is 1. The summed E-state index contributed by atoms with van der Waals surface area (Å²) in [7, 11) is 0. The Bertz CT molecular complexity index is 197.